The highest BCUT2D eigenvalue weighted by molar-refractivity contribution is 7.88. The van der Waals surface area contributed by atoms with Gasteiger partial charge in [-0.1, -0.05) is 13.3 Å². The van der Waals surface area contributed by atoms with E-state index in [2.05, 4.69) is 5.32 Å². The first-order valence-electron chi connectivity index (χ1n) is 7.55. The van der Waals surface area contributed by atoms with Crippen LogP contribution in [0.5, 0.6) is 11.5 Å². The monoisotopic (exact) mass is 342 g/mol. The first kappa shape index (κ1) is 17.6. The van der Waals surface area contributed by atoms with Gasteiger partial charge in [0.15, 0.2) is 11.5 Å². The number of sulfonamides is 1. The Morgan fingerprint density at radius 3 is 2.70 bits per heavy atom. The van der Waals surface area contributed by atoms with E-state index < -0.39 is 10.0 Å². The molecular weight excluding hydrogens is 320 g/mol. The fourth-order valence-corrected chi connectivity index (χ4v) is 3.10. The van der Waals surface area contributed by atoms with Gasteiger partial charge < -0.3 is 14.8 Å². The Balaban J connectivity index is 1.88. The molecule has 128 valence electrons. The summed E-state index contributed by atoms with van der Waals surface area (Å²) in [7, 11) is -3.26. The van der Waals surface area contributed by atoms with Crippen LogP contribution in [0.15, 0.2) is 18.2 Å². The molecule has 0 aliphatic carbocycles. The summed E-state index contributed by atoms with van der Waals surface area (Å²) in [5, 5.41) is 2.73. The maximum Gasteiger partial charge on any atom is 0.251 e. The normalized spacial score (nSPS) is 13.3. The number of unbranched alkanes of at least 4 members (excludes halogenated alkanes) is 1. The largest absolute Gasteiger partial charge is 0.454 e. The molecule has 0 saturated heterocycles. The molecule has 1 aliphatic heterocycles. The summed E-state index contributed by atoms with van der Waals surface area (Å²) in [4.78, 5) is 12.1. The van der Waals surface area contributed by atoms with Gasteiger partial charge in [0, 0.05) is 25.2 Å². The minimum absolute atomic E-state index is 0.154. The summed E-state index contributed by atoms with van der Waals surface area (Å²) in [5.41, 5.74) is 0.453. The Morgan fingerprint density at radius 2 is 2.00 bits per heavy atom. The number of amides is 1. The third-order valence-corrected chi connectivity index (χ3v) is 4.81. The molecule has 0 fully saturated rings. The zero-order valence-electron chi connectivity index (χ0n) is 13.4. The van der Waals surface area contributed by atoms with Crippen molar-refractivity contribution in [2.75, 3.05) is 32.7 Å². The highest BCUT2D eigenvalue weighted by atomic mass is 32.2. The van der Waals surface area contributed by atoms with Gasteiger partial charge in [0.05, 0.1) is 6.26 Å². The van der Waals surface area contributed by atoms with E-state index in [4.69, 9.17) is 9.47 Å². The van der Waals surface area contributed by atoms with Gasteiger partial charge in [-0.3, -0.25) is 4.79 Å². The molecule has 1 aromatic carbocycles. The van der Waals surface area contributed by atoms with Crippen LogP contribution in [0.1, 0.15) is 30.1 Å². The second-order valence-electron chi connectivity index (χ2n) is 5.34. The van der Waals surface area contributed by atoms with Crippen molar-refractivity contribution >= 4 is 15.9 Å². The summed E-state index contributed by atoms with van der Waals surface area (Å²) >= 11 is 0. The molecule has 8 heteroatoms. The minimum Gasteiger partial charge on any atom is -0.454 e. The van der Waals surface area contributed by atoms with E-state index in [1.54, 1.807) is 18.2 Å². The lowest BCUT2D eigenvalue weighted by molar-refractivity contribution is 0.0951. The second kappa shape index (κ2) is 7.65. The van der Waals surface area contributed by atoms with Crippen molar-refractivity contribution in [2.24, 2.45) is 0 Å². The van der Waals surface area contributed by atoms with Gasteiger partial charge in [-0.2, -0.15) is 0 Å². The van der Waals surface area contributed by atoms with Crippen molar-refractivity contribution in [3.8, 4) is 11.5 Å². The molecule has 0 spiro atoms. The number of hydrogen-bond donors (Lipinski definition) is 1. The predicted molar refractivity (Wildman–Crippen MR) is 86.2 cm³/mol. The Hall–Kier alpha value is -1.80. The second-order valence-corrected chi connectivity index (χ2v) is 7.32. The molecule has 0 saturated carbocycles. The Kier molecular flexibility index (Phi) is 5.84. The van der Waals surface area contributed by atoms with Crippen molar-refractivity contribution in [3.05, 3.63) is 23.8 Å². The van der Waals surface area contributed by atoms with Crippen LogP contribution in [-0.4, -0.2) is 51.3 Å². The highest BCUT2D eigenvalue weighted by Gasteiger charge is 2.18. The average Bonchev–Trinajstić information content (AvgIpc) is 2.96. The van der Waals surface area contributed by atoms with Crippen LogP contribution in [0.25, 0.3) is 0 Å². The smallest absolute Gasteiger partial charge is 0.251 e. The quantitative estimate of drug-likeness (QED) is 0.767. The Morgan fingerprint density at radius 1 is 1.26 bits per heavy atom. The van der Waals surface area contributed by atoms with E-state index in [-0.39, 0.29) is 25.8 Å². The van der Waals surface area contributed by atoms with Crippen LogP contribution < -0.4 is 14.8 Å². The van der Waals surface area contributed by atoms with Crippen molar-refractivity contribution < 1.29 is 22.7 Å². The van der Waals surface area contributed by atoms with Crippen LogP contribution in [0.2, 0.25) is 0 Å². The van der Waals surface area contributed by atoms with E-state index in [0.717, 1.165) is 12.8 Å². The van der Waals surface area contributed by atoms with Crippen LogP contribution in [0, 0.1) is 0 Å². The molecule has 1 amide bonds. The third-order valence-electron chi connectivity index (χ3n) is 3.51. The summed E-state index contributed by atoms with van der Waals surface area (Å²) in [6, 6.07) is 4.94. The fraction of sp³-hybridized carbons (Fsp3) is 0.533. The number of nitrogens with zero attached hydrogens (tertiary/aromatic N) is 1. The molecule has 2 rings (SSSR count). The molecule has 7 nitrogen and oxygen atoms in total. The molecule has 1 N–H and O–H groups in total. The number of fused-ring (bicyclic) bond motifs is 1. The van der Waals surface area contributed by atoms with E-state index in [1.165, 1.54) is 10.6 Å². The van der Waals surface area contributed by atoms with Gasteiger partial charge in [0.2, 0.25) is 16.8 Å². The number of carbonyl (C=O) groups is 1. The van der Waals surface area contributed by atoms with Crippen LogP contribution in [0.3, 0.4) is 0 Å². The summed E-state index contributed by atoms with van der Waals surface area (Å²) in [6.45, 7) is 3.14. The van der Waals surface area contributed by atoms with E-state index >= 15 is 0 Å². The van der Waals surface area contributed by atoms with E-state index in [1.807, 2.05) is 6.92 Å². The number of hydrogen-bond acceptors (Lipinski definition) is 5. The zero-order valence-corrected chi connectivity index (χ0v) is 14.2. The number of ether oxygens (including phenoxy) is 2. The fourth-order valence-electron chi connectivity index (χ4n) is 2.21. The predicted octanol–water partition coefficient (Wildman–Crippen LogP) is 1.21. The standard InChI is InChI=1S/C15H22N2O5S/c1-3-4-8-17(23(2,19)20)9-7-16-15(18)12-5-6-13-14(10-12)22-11-21-13/h5-6,10H,3-4,7-9,11H2,1-2H3,(H,16,18). The minimum atomic E-state index is -3.26. The first-order chi connectivity index (χ1) is 10.9. The van der Waals surface area contributed by atoms with E-state index in [9.17, 15) is 13.2 Å². The van der Waals surface area contributed by atoms with Crippen molar-refractivity contribution in [3.63, 3.8) is 0 Å². The molecule has 1 aromatic rings. The lowest BCUT2D eigenvalue weighted by Crippen LogP contribution is -2.38. The molecule has 1 aliphatic rings. The molecule has 23 heavy (non-hydrogen) atoms. The highest BCUT2D eigenvalue weighted by Crippen LogP contribution is 2.32. The molecule has 0 radical (unpaired) electrons. The molecular formula is C15H22N2O5S. The molecule has 0 bridgehead atoms. The van der Waals surface area contributed by atoms with Gasteiger partial charge >= 0.3 is 0 Å². The third kappa shape index (κ3) is 4.84. The van der Waals surface area contributed by atoms with Gasteiger partial charge in [-0.05, 0) is 24.6 Å². The topological polar surface area (TPSA) is 84.9 Å². The molecule has 0 unspecified atom stereocenters. The van der Waals surface area contributed by atoms with Gasteiger partial charge in [0.25, 0.3) is 5.91 Å². The maximum atomic E-state index is 12.1. The lowest BCUT2D eigenvalue weighted by atomic mass is 10.2. The van der Waals surface area contributed by atoms with Crippen LogP contribution in [0.4, 0.5) is 0 Å². The molecule has 0 atom stereocenters. The number of nitrogens with one attached hydrogen (secondary N) is 1. The SMILES string of the molecule is CCCCN(CCNC(=O)c1ccc2c(c1)OCO2)S(C)(=O)=O. The van der Waals surface area contributed by atoms with Gasteiger partial charge in [-0.15, -0.1) is 0 Å². The van der Waals surface area contributed by atoms with Crippen LogP contribution in [-0.2, 0) is 10.0 Å². The average molecular weight is 342 g/mol. The van der Waals surface area contributed by atoms with Crippen molar-refractivity contribution in [1.29, 1.82) is 0 Å². The zero-order chi connectivity index (χ0) is 16.9. The van der Waals surface area contributed by atoms with Crippen LogP contribution >= 0.6 is 0 Å². The Bertz CT molecular complexity index is 660. The summed E-state index contributed by atoms with van der Waals surface area (Å²) < 4.78 is 35.2. The van der Waals surface area contributed by atoms with Crippen molar-refractivity contribution in [2.45, 2.75) is 19.8 Å². The Labute approximate surface area is 136 Å². The van der Waals surface area contributed by atoms with Crippen molar-refractivity contribution in [1.82, 2.24) is 9.62 Å². The molecule has 0 aromatic heterocycles. The number of benzene rings is 1. The molecule has 1 heterocycles. The first-order valence-corrected chi connectivity index (χ1v) is 9.39. The van der Waals surface area contributed by atoms with Gasteiger partial charge in [0.1, 0.15) is 0 Å². The number of rotatable bonds is 8. The van der Waals surface area contributed by atoms with E-state index in [0.29, 0.717) is 23.6 Å². The summed E-state index contributed by atoms with van der Waals surface area (Å²) in [6.07, 6.45) is 2.89. The summed E-state index contributed by atoms with van der Waals surface area (Å²) in [5.74, 6) is 0.884. The number of carbonyl (C=O) groups excluding carboxylic acids is 1. The lowest BCUT2D eigenvalue weighted by Gasteiger charge is -2.19. The van der Waals surface area contributed by atoms with Gasteiger partial charge in [-0.25, -0.2) is 12.7 Å². The maximum absolute atomic E-state index is 12.1.